The molecule has 3 rings (SSSR count). The van der Waals surface area contributed by atoms with Crippen molar-refractivity contribution < 1.29 is 22.7 Å². The van der Waals surface area contributed by atoms with E-state index in [1.807, 2.05) is 6.92 Å². The lowest BCUT2D eigenvalue weighted by molar-refractivity contribution is -0.116. The molecule has 1 heterocycles. The monoisotopic (exact) mass is 434 g/mol. The van der Waals surface area contributed by atoms with Gasteiger partial charge < -0.3 is 15.4 Å². The van der Waals surface area contributed by atoms with Gasteiger partial charge in [-0.05, 0) is 44.2 Å². The maximum Gasteiger partial charge on any atom is 0.234 e. The summed E-state index contributed by atoms with van der Waals surface area (Å²) in [5.74, 6) is 0.244. The van der Waals surface area contributed by atoms with Crippen molar-refractivity contribution in [2.45, 2.75) is 35.3 Å². The van der Waals surface area contributed by atoms with Crippen molar-refractivity contribution in [1.29, 1.82) is 0 Å². The summed E-state index contributed by atoms with van der Waals surface area (Å²) >= 11 is 1.36. The number of carbonyl (C=O) groups excluding carboxylic acids is 2. The van der Waals surface area contributed by atoms with Gasteiger partial charge in [0, 0.05) is 11.3 Å². The van der Waals surface area contributed by atoms with Crippen LogP contribution in [0.2, 0.25) is 0 Å². The number of nitrogens with one attached hydrogen (secondary N) is 2. The molecule has 29 heavy (non-hydrogen) atoms. The van der Waals surface area contributed by atoms with Crippen molar-refractivity contribution in [3.8, 4) is 5.75 Å². The summed E-state index contributed by atoms with van der Waals surface area (Å²) in [5.41, 5.74) is 0.979. The maximum atomic E-state index is 12.9. The fourth-order valence-corrected chi connectivity index (χ4v) is 5.06. The van der Waals surface area contributed by atoms with Crippen molar-refractivity contribution >= 4 is 44.8 Å². The summed E-state index contributed by atoms with van der Waals surface area (Å²) in [4.78, 5) is 24.9. The van der Waals surface area contributed by atoms with Gasteiger partial charge in [-0.1, -0.05) is 12.1 Å². The van der Waals surface area contributed by atoms with E-state index < -0.39 is 21.0 Å². The minimum Gasteiger partial charge on any atom is -0.492 e. The van der Waals surface area contributed by atoms with Crippen molar-refractivity contribution in [3.63, 3.8) is 0 Å². The van der Waals surface area contributed by atoms with Crippen LogP contribution in [0, 0.1) is 0 Å². The zero-order valence-electron chi connectivity index (χ0n) is 16.1. The van der Waals surface area contributed by atoms with Crippen LogP contribution in [0.5, 0.6) is 5.75 Å². The highest BCUT2D eigenvalue weighted by Crippen LogP contribution is 2.34. The van der Waals surface area contributed by atoms with Gasteiger partial charge in [0.1, 0.15) is 5.75 Å². The fourth-order valence-electron chi connectivity index (χ4n) is 2.89. The SMILES string of the molecule is CCOc1ccccc1NC(=O)CC(C)S(=O)(=O)c1ccc2c(c1)NC(=O)CS2. The van der Waals surface area contributed by atoms with E-state index in [2.05, 4.69) is 10.6 Å². The third-order valence-corrected chi connectivity index (χ3v) is 7.59. The van der Waals surface area contributed by atoms with Crippen molar-refractivity contribution in [2.75, 3.05) is 23.0 Å². The van der Waals surface area contributed by atoms with Crippen LogP contribution in [-0.2, 0) is 19.4 Å². The first-order valence-electron chi connectivity index (χ1n) is 9.13. The van der Waals surface area contributed by atoms with Crippen LogP contribution >= 0.6 is 11.8 Å². The average molecular weight is 435 g/mol. The molecule has 0 radical (unpaired) electrons. The second-order valence-electron chi connectivity index (χ2n) is 6.53. The van der Waals surface area contributed by atoms with Crippen LogP contribution in [0.1, 0.15) is 20.3 Å². The number of hydrogen-bond acceptors (Lipinski definition) is 6. The number of fused-ring (bicyclic) bond motifs is 1. The Bertz CT molecular complexity index is 1040. The molecule has 2 N–H and O–H groups in total. The first kappa shape index (κ1) is 21.2. The lowest BCUT2D eigenvalue weighted by Crippen LogP contribution is -2.25. The second kappa shape index (κ2) is 8.87. The Hall–Kier alpha value is -2.52. The standard InChI is InChI=1S/C20H22N2O5S2/c1-3-27-17-7-5-4-6-15(17)21-19(23)10-13(2)29(25,26)14-8-9-18-16(11-14)22-20(24)12-28-18/h4-9,11,13H,3,10,12H2,1-2H3,(H,21,23)(H,22,24). The van der Waals surface area contributed by atoms with Gasteiger partial charge in [0.25, 0.3) is 0 Å². The number of anilines is 2. The molecule has 0 aliphatic carbocycles. The summed E-state index contributed by atoms with van der Waals surface area (Å²) in [5, 5.41) is 4.46. The largest absolute Gasteiger partial charge is 0.492 e. The topological polar surface area (TPSA) is 102 Å². The van der Waals surface area contributed by atoms with E-state index in [1.165, 1.54) is 30.8 Å². The highest BCUT2D eigenvalue weighted by atomic mass is 32.2. The molecular weight excluding hydrogens is 412 g/mol. The van der Waals surface area contributed by atoms with E-state index >= 15 is 0 Å². The average Bonchev–Trinajstić information content (AvgIpc) is 2.69. The molecule has 0 saturated carbocycles. The molecule has 1 atom stereocenters. The molecule has 1 aliphatic rings. The van der Waals surface area contributed by atoms with E-state index in [9.17, 15) is 18.0 Å². The Kier molecular flexibility index (Phi) is 6.49. The molecular formula is C20H22N2O5S2. The second-order valence-corrected chi connectivity index (χ2v) is 9.92. The molecule has 1 aliphatic heterocycles. The zero-order valence-corrected chi connectivity index (χ0v) is 17.7. The third-order valence-electron chi connectivity index (χ3n) is 4.38. The highest BCUT2D eigenvalue weighted by molar-refractivity contribution is 8.00. The smallest absolute Gasteiger partial charge is 0.234 e. The van der Waals surface area contributed by atoms with E-state index in [-0.39, 0.29) is 17.2 Å². The summed E-state index contributed by atoms with van der Waals surface area (Å²) in [7, 11) is -3.75. The molecule has 0 bridgehead atoms. The molecule has 154 valence electrons. The van der Waals surface area contributed by atoms with Gasteiger partial charge in [-0.15, -0.1) is 11.8 Å². The van der Waals surface area contributed by atoms with Gasteiger partial charge in [-0.25, -0.2) is 8.42 Å². The molecule has 1 unspecified atom stereocenters. The van der Waals surface area contributed by atoms with Crippen molar-refractivity contribution in [2.24, 2.45) is 0 Å². The summed E-state index contributed by atoms with van der Waals surface area (Å²) in [6.45, 7) is 3.79. The van der Waals surface area contributed by atoms with Crippen LogP contribution in [0.4, 0.5) is 11.4 Å². The molecule has 9 heteroatoms. The molecule has 7 nitrogen and oxygen atoms in total. The predicted molar refractivity (Wildman–Crippen MR) is 113 cm³/mol. The van der Waals surface area contributed by atoms with Crippen LogP contribution < -0.4 is 15.4 Å². The number of benzene rings is 2. The lowest BCUT2D eigenvalue weighted by atomic mass is 10.2. The van der Waals surface area contributed by atoms with Gasteiger partial charge in [0.05, 0.1) is 33.9 Å². The van der Waals surface area contributed by atoms with Gasteiger partial charge in [-0.2, -0.15) is 0 Å². The molecule has 2 aromatic rings. The first-order chi connectivity index (χ1) is 13.8. The van der Waals surface area contributed by atoms with E-state index in [4.69, 9.17) is 4.74 Å². The molecule has 2 amide bonds. The number of thioether (sulfide) groups is 1. The minimum absolute atomic E-state index is 0.0778. The van der Waals surface area contributed by atoms with E-state index in [0.717, 1.165) is 4.90 Å². The number of sulfone groups is 1. The van der Waals surface area contributed by atoms with E-state index in [0.29, 0.717) is 29.5 Å². The Balaban J connectivity index is 1.73. The van der Waals surface area contributed by atoms with Crippen LogP contribution in [0.25, 0.3) is 0 Å². The number of rotatable bonds is 7. The van der Waals surface area contributed by atoms with Gasteiger partial charge in [0.2, 0.25) is 11.8 Å². The van der Waals surface area contributed by atoms with Gasteiger partial charge in [0.15, 0.2) is 9.84 Å². The number of amides is 2. The molecule has 0 spiro atoms. The molecule has 0 fully saturated rings. The third kappa shape index (κ3) is 4.91. The van der Waals surface area contributed by atoms with Crippen molar-refractivity contribution in [3.05, 3.63) is 42.5 Å². The Morgan fingerprint density at radius 2 is 2.03 bits per heavy atom. The number of carbonyl (C=O) groups is 2. The van der Waals surface area contributed by atoms with Crippen molar-refractivity contribution in [1.82, 2.24) is 0 Å². The maximum absolute atomic E-state index is 12.9. The van der Waals surface area contributed by atoms with Crippen LogP contribution in [0.3, 0.4) is 0 Å². The normalized spacial score (nSPS) is 14.5. The summed E-state index contributed by atoms with van der Waals surface area (Å²) in [6.07, 6.45) is -0.207. The first-order valence-corrected chi connectivity index (χ1v) is 11.7. The Morgan fingerprint density at radius 3 is 2.79 bits per heavy atom. The summed E-state index contributed by atoms with van der Waals surface area (Å²) in [6, 6.07) is 11.6. The Morgan fingerprint density at radius 1 is 1.28 bits per heavy atom. The predicted octanol–water partition coefficient (Wildman–Crippen LogP) is 3.32. The highest BCUT2D eigenvalue weighted by Gasteiger charge is 2.28. The molecule has 0 saturated heterocycles. The van der Waals surface area contributed by atoms with Gasteiger partial charge in [-0.3, -0.25) is 9.59 Å². The molecule has 2 aromatic carbocycles. The number of hydrogen-bond donors (Lipinski definition) is 2. The van der Waals surface area contributed by atoms with Crippen LogP contribution in [-0.4, -0.2) is 37.8 Å². The van der Waals surface area contributed by atoms with E-state index in [1.54, 1.807) is 30.3 Å². The molecule has 0 aromatic heterocycles. The Labute approximate surface area is 174 Å². The zero-order chi connectivity index (χ0) is 21.0. The summed E-state index contributed by atoms with van der Waals surface area (Å²) < 4.78 is 31.3. The number of para-hydroxylation sites is 2. The van der Waals surface area contributed by atoms with Gasteiger partial charge >= 0.3 is 0 Å². The lowest BCUT2D eigenvalue weighted by Gasteiger charge is -2.19. The fraction of sp³-hybridized carbons (Fsp3) is 0.300. The minimum atomic E-state index is -3.75. The van der Waals surface area contributed by atoms with Crippen LogP contribution in [0.15, 0.2) is 52.3 Å². The number of ether oxygens (including phenoxy) is 1. The quantitative estimate of drug-likeness (QED) is 0.693.